The van der Waals surface area contributed by atoms with Crippen molar-refractivity contribution in [2.45, 2.75) is 84.2 Å². The van der Waals surface area contributed by atoms with Gasteiger partial charge in [-0.3, -0.25) is 0 Å². The molecular formula is C35H52N2S. The van der Waals surface area contributed by atoms with Gasteiger partial charge in [0.05, 0.1) is 0 Å². The highest BCUT2D eigenvalue weighted by molar-refractivity contribution is 7.12. The Bertz CT molecular complexity index is 969. The van der Waals surface area contributed by atoms with E-state index in [-0.39, 0.29) is 5.92 Å². The number of nitrogens with one attached hydrogen (secondary N) is 2. The van der Waals surface area contributed by atoms with E-state index in [9.17, 15) is 0 Å². The van der Waals surface area contributed by atoms with Gasteiger partial charge in [0.2, 0.25) is 0 Å². The molecule has 3 unspecified atom stereocenters. The number of thiophene rings is 1. The van der Waals surface area contributed by atoms with Crippen LogP contribution in [0.15, 0.2) is 104 Å². The van der Waals surface area contributed by atoms with Crippen molar-refractivity contribution >= 4 is 11.3 Å². The molecule has 0 fully saturated rings. The van der Waals surface area contributed by atoms with Gasteiger partial charge in [0.25, 0.3) is 0 Å². The van der Waals surface area contributed by atoms with Gasteiger partial charge in [-0.1, -0.05) is 86.7 Å². The van der Waals surface area contributed by atoms with Crippen molar-refractivity contribution in [2.75, 3.05) is 13.1 Å². The van der Waals surface area contributed by atoms with Crippen molar-refractivity contribution in [3.63, 3.8) is 0 Å². The largest absolute Gasteiger partial charge is 0.314 e. The maximum Gasteiger partial charge on any atom is 0.0433 e. The SMILES string of the molecule is C=C.C=C/C=C(\C=C/C)C(c1ccccc1)c1ccc(CCNC(C)CCCNC(C)CC(=C)CCC)s1. The molecule has 1 aromatic heterocycles. The first-order valence-electron chi connectivity index (χ1n) is 14.2. The summed E-state index contributed by atoms with van der Waals surface area (Å²) in [5.74, 6) is 0.236. The van der Waals surface area contributed by atoms with Crippen LogP contribution in [0.4, 0.5) is 0 Å². The molecule has 0 aliphatic carbocycles. The number of rotatable bonds is 18. The Balaban J connectivity index is 0.00000352. The third-order valence-electron chi connectivity index (χ3n) is 6.47. The zero-order chi connectivity index (χ0) is 28.2. The van der Waals surface area contributed by atoms with E-state index < -0.39 is 0 Å². The maximum atomic E-state index is 4.19. The molecule has 0 saturated carbocycles. The molecule has 1 aromatic carbocycles. The summed E-state index contributed by atoms with van der Waals surface area (Å²) >= 11 is 1.93. The minimum atomic E-state index is 0.236. The fourth-order valence-electron chi connectivity index (χ4n) is 4.69. The van der Waals surface area contributed by atoms with Crippen LogP contribution in [0.25, 0.3) is 0 Å². The Morgan fingerprint density at radius 2 is 1.71 bits per heavy atom. The molecule has 2 N–H and O–H groups in total. The lowest BCUT2D eigenvalue weighted by Crippen LogP contribution is -2.31. The molecule has 2 rings (SSSR count). The third-order valence-corrected chi connectivity index (χ3v) is 7.68. The minimum absolute atomic E-state index is 0.236. The van der Waals surface area contributed by atoms with Crippen molar-refractivity contribution in [1.82, 2.24) is 10.6 Å². The van der Waals surface area contributed by atoms with Crippen LogP contribution in [0, 0.1) is 0 Å². The number of benzene rings is 1. The predicted octanol–water partition coefficient (Wildman–Crippen LogP) is 9.40. The van der Waals surface area contributed by atoms with Crippen molar-refractivity contribution in [3.05, 3.63) is 120 Å². The van der Waals surface area contributed by atoms with E-state index in [1.165, 1.54) is 45.7 Å². The average Bonchev–Trinajstić information content (AvgIpc) is 3.37. The van der Waals surface area contributed by atoms with E-state index in [2.05, 4.69) is 125 Å². The molecule has 0 radical (unpaired) electrons. The summed E-state index contributed by atoms with van der Waals surface area (Å²) in [7, 11) is 0. The molecule has 0 bridgehead atoms. The van der Waals surface area contributed by atoms with Gasteiger partial charge in [-0.25, -0.2) is 0 Å². The van der Waals surface area contributed by atoms with Gasteiger partial charge in [0.1, 0.15) is 0 Å². The summed E-state index contributed by atoms with van der Waals surface area (Å²) < 4.78 is 0. The Morgan fingerprint density at radius 3 is 2.37 bits per heavy atom. The zero-order valence-corrected chi connectivity index (χ0v) is 25.3. The molecule has 1 heterocycles. The van der Waals surface area contributed by atoms with Gasteiger partial charge in [-0.15, -0.1) is 24.5 Å². The second-order valence-electron chi connectivity index (χ2n) is 9.86. The second-order valence-corrected chi connectivity index (χ2v) is 11.1. The fraction of sp³-hybridized carbons (Fsp3) is 0.429. The van der Waals surface area contributed by atoms with Gasteiger partial charge in [-0.05, 0) is 82.7 Å². The molecule has 0 amide bonds. The zero-order valence-electron chi connectivity index (χ0n) is 24.5. The summed E-state index contributed by atoms with van der Waals surface area (Å²) in [6.07, 6.45) is 15.2. The molecule has 3 atom stereocenters. The lowest BCUT2D eigenvalue weighted by molar-refractivity contribution is 0.466. The standard InChI is InChI=1S/C33H48N2S.C2H4/c1-7-14-26(4)25-28(6)34-23-13-17-27(5)35-24-22-31-20-21-32(36-31)33(29(15-8-2)16-9-3)30-18-11-10-12-19-30;1-2/h8-12,15-16,18-21,27-28,33-35H,2,4,7,13-14,17,22-25H2,1,3,5-6H3;1-2H2/b16-9-,29-15+;. The molecule has 2 aromatic rings. The molecule has 38 heavy (non-hydrogen) atoms. The molecule has 3 heteroatoms. The Kier molecular flexibility index (Phi) is 18.1. The molecule has 0 aliphatic heterocycles. The average molecular weight is 533 g/mol. The highest BCUT2D eigenvalue weighted by atomic mass is 32.1. The van der Waals surface area contributed by atoms with Gasteiger partial charge < -0.3 is 10.6 Å². The highest BCUT2D eigenvalue weighted by Gasteiger charge is 2.19. The van der Waals surface area contributed by atoms with Crippen LogP contribution in [0.2, 0.25) is 0 Å². The summed E-state index contributed by atoms with van der Waals surface area (Å²) in [6, 6.07) is 16.5. The van der Waals surface area contributed by atoms with E-state index in [1.807, 2.05) is 17.4 Å². The van der Waals surface area contributed by atoms with Crippen molar-refractivity contribution < 1.29 is 0 Å². The molecule has 0 saturated heterocycles. The van der Waals surface area contributed by atoms with Crippen molar-refractivity contribution in [3.8, 4) is 0 Å². The number of hydrogen-bond acceptors (Lipinski definition) is 3. The van der Waals surface area contributed by atoms with Crippen LogP contribution in [0.5, 0.6) is 0 Å². The Labute approximate surface area is 238 Å². The van der Waals surface area contributed by atoms with Gasteiger partial charge >= 0.3 is 0 Å². The van der Waals surface area contributed by atoms with Gasteiger partial charge in [-0.2, -0.15) is 0 Å². The van der Waals surface area contributed by atoms with E-state index in [4.69, 9.17) is 0 Å². The lowest BCUT2D eigenvalue weighted by Gasteiger charge is -2.18. The smallest absolute Gasteiger partial charge is 0.0433 e. The minimum Gasteiger partial charge on any atom is -0.314 e. The topological polar surface area (TPSA) is 24.1 Å². The third kappa shape index (κ3) is 12.9. The van der Waals surface area contributed by atoms with Crippen LogP contribution in [0.3, 0.4) is 0 Å². The summed E-state index contributed by atoms with van der Waals surface area (Å²) in [4.78, 5) is 2.82. The van der Waals surface area contributed by atoms with Crippen LogP contribution in [-0.4, -0.2) is 25.2 Å². The van der Waals surface area contributed by atoms with Gasteiger partial charge in [0, 0.05) is 34.3 Å². The van der Waals surface area contributed by atoms with E-state index >= 15 is 0 Å². The predicted molar refractivity (Wildman–Crippen MR) is 173 cm³/mol. The highest BCUT2D eigenvalue weighted by Crippen LogP contribution is 2.37. The summed E-state index contributed by atoms with van der Waals surface area (Å²) in [5.41, 5.74) is 3.96. The van der Waals surface area contributed by atoms with Crippen LogP contribution in [-0.2, 0) is 6.42 Å². The van der Waals surface area contributed by atoms with Crippen molar-refractivity contribution in [1.29, 1.82) is 0 Å². The van der Waals surface area contributed by atoms with E-state index in [0.717, 1.165) is 32.4 Å². The second kappa shape index (κ2) is 20.5. The number of hydrogen-bond donors (Lipinski definition) is 2. The lowest BCUT2D eigenvalue weighted by atomic mass is 9.89. The first-order valence-corrected chi connectivity index (χ1v) is 15.0. The van der Waals surface area contributed by atoms with Crippen LogP contribution < -0.4 is 10.6 Å². The van der Waals surface area contributed by atoms with E-state index in [1.54, 1.807) is 0 Å². The molecular weight excluding hydrogens is 480 g/mol. The maximum absolute atomic E-state index is 4.19. The van der Waals surface area contributed by atoms with Crippen LogP contribution >= 0.6 is 11.3 Å². The van der Waals surface area contributed by atoms with Gasteiger partial charge in [0.15, 0.2) is 0 Å². The molecule has 2 nitrogen and oxygen atoms in total. The molecule has 0 aliphatic rings. The Hall–Kier alpha value is -2.46. The first-order chi connectivity index (χ1) is 18.5. The summed E-state index contributed by atoms with van der Waals surface area (Å²) in [5, 5.41) is 7.39. The fourth-order valence-corrected chi connectivity index (χ4v) is 5.86. The quantitative estimate of drug-likeness (QED) is 0.113. The first kappa shape index (κ1) is 33.6. The number of allylic oxidation sites excluding steroid dienone is 5. The Morgan fingerprint density at radius 1 is 1.00 bits per heavy atom. The van der Waals surface area contributed by atoms with Crippen molar-refractivity contribution in [2.24, 2.45) is 0 Å². The normalized spacial score (nSPS) is 13.9. The molecule has 0 spiro atoms. The van der Waals surface area contributed by atoms with E-state index in [0.29, 0.717) is 12.1 Å². The summed E-state index contributed by atoms with van der Waals surface area (Å²) in [6.45, 7) is 25.1. The molecule has 208 valence electrons. The van der Waals surface area contributed by atoms with Crippen LogP contribution in [0.1, 0.15) is 81.0 Å². The monoisotopic (exact) mass is 532 g/mol.